The van der Waals surface area contributed by atoms with Crippen molar-refractivity contribution in [1.29, 1.82) is 0 Å². The summed E-state index contributed by atoms with van der Waals surface area (Å²) in [7, 11) is 0. The van der Waals surface area contributed by atoms with Crippen LogP contribution < -0.4 is 15.4 Å². The van der Waals surface area contributed by atoms with Crippen LogP contribution in [0.5, 0.6) is 5.75 Å². The molecule has 0 aliphatic carbocycles. The second-order valence-electron chi connectivity index (χ2n) is 3.81. The first-order chi connectivity index (χ1) is 8.17. The molecule has 0 aromatic heterocycles. The Kier molecular flexibility index (Phi) is 3.27. The molecule has 1 heterocycles. The van der Waals surface area contributed by atoms with Gasteiger partial charge in [0.15, 0.2) is 6.23 Å². The number of anilines is 1. The summed E-state index contributed by atoms with van der Waals surface area (Å²) < 4.78 is 5.49. The average Bonchev–Trinajstić information content (AvgIpc) is 2.27. The summed E-state index contributed by atoms with van der Waals surface area (Å²) in [5.74, 6) is 0.577. The van der Waals surface area contributed by atoms with E-state index in [1.807, 2.05) is 0 Å². The quantitative estimate of drug-likeness (QED) is 0.771. The van der Waals surface area contributed by atoms with Crippen molar-refractivity contribution in [2.45, 2.75) is 26.0 Å². The lowest BCUT2D eigenvalue weighted by molar-refractivity contribution is -0.134. The van der Waals surface area contributed by atoms with E-state index in [1.54, 1.807) is 31.2 Å². The number of amides is 2. The van der Waals surface area contributed by atoms with E-state index in [9.17, 15) is 9.59 Å². The molecule has 17 heavy (non-hydrogen) atoms. The van der Waals surface area contributed by atoms with Crippen molar-refractivity contribution in [2.24, 2.45) is 0 Å². The lowest BCUT2D eigenvalue weighted by atomic mass is 10.2. The number of carbonyl (C=O) groups is 2. The predicted molar refractivity (Wildman–Crippen MR) is 62.5 cm³/mol. The highest BCUT2D eigenvalue weighted by atomic mass is 16.5. The van der Waals surface area contributed by atoms with E-state index in [0.717, 1.165) is 0 Å². The predicted octanol–water partition coefficient (Wildman–Crippen LogP) is 1.26. The number of hydrogen-bond donors (Lipinski definition) is 2. The second kappa shape index (κ2) is 4.86. The van der Waals surface area contributed by atoms with Crippen molar-refractivity contribution in [3.05, 3.63) is 24.3 Å². The van der Waals surface area contributed by atoms with Gasteiger partial charge < -0.3 is 15.4 Å². The highest BCUT2D eigenvalue weighted by molar-refractivity contribution is 5.90. The molecule has 0 bridgehead atoms. The minimum Gasteiger partial charge on any atom is -0.470 e. The summed E-state index contributed by atoms with van der Waals surface area (Å²) in [4.78, 5) is 21.9. The van der Waals surface area contributed by atoms with Gasteiger partial charge in [0.25, 0.3) is 0 Å². The molecule has 2 rings (SSSR count). The van der Waals surface area contributed by atoms with E-state index in [2.05, 4.69) is 10.6 Å². The Bertz CT molecular complexity index is 437. The van der Waals surface area contributed by atoms with E-state index in [1.165, 1.54) is 0 Å². The van der Waals surface area contributed by atoms with Crippen molar-refractivity contribution >= 4 is 17.5 Å². The molecule has 0 spiro atoms. The van der Waals surface area contributed by atoms with Crippen molar-refractivity contribution in [3.8, 4) is 5.75 Å². The molecule has 1 atom stereocenters. The van der Waals surface area contributed by atoms with Gasteiger partial charge in [0.2, 0.25) is 11.8 Å². The minimum absolute atomic E-state index is 0.00885. The fraction of sp³-hybridized carbons (Fsp3) is 0.333. The van der Waals surface area contributed by atoms with Crippen LogP contribution in [0.15, 0.2) is 24.3 Å². The first-order valence-electron chi connectivity index (χ1n) is 5.53. The van der Waals surface area contributed by atoms with Gasteiger partial charge in [-0.25, -0.2) is 0 Å². The van der Waals surface area contributed by atoms with E-state index < -0.39 is 0 Å². The van der Waals surface area contributed by atoms with Gasteiger partial charge in [-0.3, -0.25) is 9.59 Å². The first-order valence-corrected chi connectivity index (χ1v) is 5.53. The van der Waals surface area contributed by atoms with Crippen LogP contribution in [0.25, 0.3) is 0 Å². The molecule has 2 N–H and O–H groups in total. The zero-order chi connectivity index (χ0) is 12.3. The molecule has 1 aromatic rings. The zero-order valence-corrected chi connectivity index (χ0v) is 9.53. The third-order valence-corrected chi connectivity index (χ3v) is 2.41. The lowest BCUT2D eigenvalue weighted by Crippen LogP contribution is -2.51. The second-order valence-corrected chi connectivity index (χ2v) is 3.81. The van der Waals surface area contributed by atoms with Gasteiger partial charge in [0, 0.05) is 18.2 Å². The van der Waals surface area contributed by atoms with E-state index in [-0.39, 0.29) is 18.0 Å². The number of carbonyl (C=O) groups excluding carboxylic acids is 2. The maximum Gasteiger partial charge on any atom is 0.228 e. The highest BCUT2D eigenvalue weighted by Crippen LogP contribution is 2.20. The summed E-state index contributed by atoms with van der Waals surface area (Å²) in [5.41, 5.74) is 0.694. The average molecular weight is 234 g/mol. The Hall–Kier alpha value is -2.04. The zero-order valence-electron chi connectivity index (χ0n) is 9.53. The molecule has 0 saturated carbocycles. The molecule has 1 saturated heterocycles. The van der Waals surface area contributed by atoms with Crippen LogP contribution in [0.2, 0.25) is 0 Å². The van der Waals surface area contributed by atoms with Crippen molar-refractivity contribution in [1.82, 2.24) is 5.32 Å². The lowest BCUT2D eigenvalue weighted by Gasteiger charge is -2.27. The smallest absolute Gasteiger partial charge is 0.228 e. The number of hydrogen-bond acceptors (Lipinski definition) is 3. The SMILES string of the molecule is CCC(=O)Nc1cccc(OC2CC(=O)N2)c1. The molecule has 2 amide bonds. The summed E-state index contributed by atoms with van der Waals surface area (Å²) in [6.07, 6.45) is 0.564. The van der Waals surface area contributed by atoms with Gasteiger partial charge in [0.05, 0.1) is 6.42 Å². The number of rotatable bonds is 4. The Balaban J connectivity index is 1.96. The summed E-state index contributed by atoms with van der Waals surface area (Å²) in [6.45, 7) is 1.79. The summed E-state index contributed by atoms with van der Waals surface area (Å²) >= 11 is 0. The fourth-order valence-corrected chi connectivity index (χ4v) is 1.46. The van der Waals surface area contributed by atoms with Gasteiger partial charge in [-0.1, -0.05) is 13.0 Å². The number of benzene rings is 1. The first kappa shape index (κ1) is 11.4. The van der Waals surface area contributed by atoms with Crippen molar-refractivity contribution in [2.75, 3.05) is 5.32 Å². The van der Waals surface area contributed by atoms with Gasteiger partial charge in [0.1, 0.15) is 5.75 Å². The third kappa shape index (κ3) is 2.96. The largest absolute Gasteiger partial charge is 0.470 e. The summed E-state index contributed by atoms with van der Waals surface area (Å²) in [5, 5.41) is 5.36. The van der Waals surface area contributed by atoms with Crippen LogP contribution >= 0.6 is 0 Å². The number of β-lactam (4-membered cyclic amide) rings is 1. The molecular formula is C12H14N2O3. The van der Waals surface area contributed by atoms with Crippen LogP contribution in [-0.4, -0.2) is 18.0 Å². The Morgan fingerprint density at radius 3 is 3.00 bits per heavy atom. The van der Waals surface area contributed by atoms with Crippen LogP contribution in [0.3, 0.4) is 0 Å². The van der Waals surface area contributed by atoms with E-state index in [0.29, 0.717) is 24.3 Å². The Morgan fingerprint density at radius 2 is 2.35 bits per heavy atom. The highest BCUT2D eigenvalue weighted by Gasteiger charge is 2.26. The molecular weight excluding hydrogens is 220 g/mol. The Morgan fingerprint density at radius 1 is 1.59 bits per heavy atom. The maximum atomic E-state index is 11.2. The maximum absolute atomic E-state index is 11.2. The molecule has 1 fully saturated rings. The van der Waals surface area contributed by atoms with Crippen molar-refractivity contribution in [3.63, 3.8) is 0 Å². The Labute approximate surface area is 99.2 Å². The molecule has 1 aliphatic rings. The van der Waals surface area contributed by atoms with Gasteiger partial charge in [-0.2, -0.15) is 0 Å². The molecule has 1 aliphatic heterocycles. The van der Waals surface area contributed by atoms with Gasteiger partial charge in [-0.15, -0.1) is 0 Å². The molecule has 0 radical (unpaired) electrons. The molecule has 5 heteroatoms. The van der Waals surface area contributed by atoms with Gasteiger partial charge >= 0.3 is 0 Å². The molecule has 5 nitrogen and oxygen atoms in total. The van der Waals surface area contributed by atoms with Crippen molar-refractivity contribution < 1.29 is 14.3 Å². The number of nitrogens with one attached hydrogen (secondary N) is 2. The van der Waals surface area contributed by atoms with E-state index >= 15 is 0 Å². The summed E-state index contributed by atoms with van der Waals surface area (Å²) in [6, 6.07) is 7.10. The van der Waals surface area contributed by atoms with Crippen LogP contribution in [0.1, 0.15) is 19.8 Å². The monoisotopic (exact) mass is 234 g/mol. The fourth-order valence-electron chi connectivity index (χ4n) is 1.46. The molecule has 90 valence electrons. The number of ether oxygens (including phenoxy) is 1. The molecule has 1 aromatic carbocycles. The molecule has 1 unspecified atom stereocenters. The minimum atomic E-state index is -0.250. The topological polar surface area (TPSA) is 67.4 Å². The van der Waals surface area contributed by atoms with Crippen LogP contribution in [-0.2, 0) is 9.59 Å². The van der Waals surface area contributed by atoms with Crippen LogP contribution in [0, 0.1) is 0 Å². The van der Waals surface area contributed by atoms with E-state index in [4.69, 9.17) is 4.74 Å². The van der Waals surface area contributed by atoms with Crippen LogP contribution in [0.4, 0.5) is 5.69 Å². The normalized spacial score (nSPS) is 17.9. The third-order valence-electron chi connectivity index (χ3n) is 2.41. The van der Waals surface area contributed by atoms with Gasteiger partial charge in [-0.05, 0) is 12.1 Å². The standard InChI is InChI=1S/C12H14N2O3/c1-2-10(15)13-8-4-3-5-9(6-8)17-12-7-11(16)14-12/h3-6,12H,2,7H2,1H3,(H,13,15)(H,14,16).